The minimum atomic E-state index is -0.868. The molecule has 1 rings (SSSR count). The zero-order valence-corrected chi connectivity index (χ0v) is 7.58. The summed E-state index contributed by atoms with van der Waals surface area (Å²) in [6.07, 6.45) is 2.44. The highest BCUT2D eigenvalue weighted by Gasteiger charge is 2.07. The zero-order chi connectivity index (χ0) is 9.84. The van der Waals surface area contributed by atoms with Crippen LogP contribution in [0.15, 0.2) is 24.8 Å². The van der Waals surface area contributed by atoms with Gasteiger partial charge >= 0.3 is 5.97 Å². The van der Waals surface area contributed by atoms with Gasteiger partial charge in [0, 0.05) is 0 Å². The van der Waals surface area contributed by atoms with Crippen molar-refractivity contribution < 1.29 is 9.90 Å². The third-order valence-electron chi connectivity index (χ3n) is 1.98. The lowest BCUT2D eigenvalue weighted by Gasteiger charge is -2.03. The molecule has 0 unspecified atom stereocenters. The minimum absolute atomic E-state index is 0.383. The first-order chi connectivity index (χ1) is 6.19. The SMILES string of the molecule is C=Cc1ccc(C(=O)O)c(CC)c1. The van der Waals surface area contributed by atoms with E-state index in [1.54, 1.807) is 18.2 Å². The van der Waals surface area contributed by atoms with Crippen molar-refractivity contribution >= 4 is 12.0 Å². The van der Waals surface area contributed by atoms with Crippen molar-refractivity contribution in [1.82, 2.24) is 0 Å². The summed E-state index contributed by atoms with van der Waals surface area (Å²) in [7, 11) is 0. The van der Waals surface area contributed by atoms with Crippen LogP contribution in [0, 0.1) is 0 Å². The third kappa shape index (κ3) is 1.96. The molecular weight excluding hydrogens is 164 g/mol. The molecule has 0 spiro atoms. The Morgan fingerprint density at radius 1 is 1.62 bits per heavy atom. The molecule has 0 aliphatic carbocycles. The van der Waals surface area contributed by atoms with Gasteiger partial charge in [-0.3, -0.25) is 0 Å². The highest BCUT2D eigenvalue weighted by Crippen LogP contribution is 2.13. The van der Waals surface area contributed by atoms with Gasteiger partial charge in [0.2, 0.25) is 0 Å². The number of carbonyl (C=O) groups is 1. The maximum absolute atomic E-state index is 10.8. The molecular formula is C11H12O2. The van der Waals surface area contributed by atoms with Crippen molar-refractivity contribution in [2.75, 3.05) is 0 Å². The van der Waals surface area contributed by atoms with Gasteiger partial charge in [-0.15, -0.1) is 0 Å². The molecule has 0 aromatic heterocycles. The quantitative estimate of drug-likeness (QED) is 0.768. The molecule has 2 nitrogen and oxygen atoms in total. The molecule has 2 heteroatoms. The molecule has 0 amide bonds. The van der Waals surface area contributed by atoms with Crippen LogP contribution >= 0.6 is 0 Å². The Morgan fingerprint density at radius 3 is 2.77 bits per heavy atom. The van der Waals surface area contributed by atoms with E-state index in [1.807, 2.05) is 13.0 Å². The van der Waals surface area contributed by atoms with Gasteiger partial charge in [-0.2, -0.15) is 0 Å². The van der Waals surface area contributed by atoms with Crippen LogP contribution in [0.1, 0.15) is 28.4 Å². The average Bonchev–Trinajstić information content (AvgIpc) is 2.16. The van der Waals surface area contributed by atoms with Crippen LogP contribution in [0.5, 0.6) is 0 Å². The number of aryl methyl sites for hydroxylation is 1. The van der Waals surface area contributed by atoms with Crippen molar-refractivity contribution in [2.45, 2.75) is 13.3 Å². The fourth-order valence-electron chi connectivity index (χ4n) is 1.24. The normalized spacial score (nSPS) is 9.62. The van der Waals surface area contributed by atoms with E-state index in [2.05, 4.69) is 6.58 Å². The van der Waals surface area contributed by atoms with Crippen LogP contribution < -0.4 is 0 Å². The Bertz CT molecular complexity index is 340. The van der Waals surface area contributed by atoms with Gasteiger partial charge in [-0.1, -0.05) is 31.7 Å². The second kappa shape index (κ2) is 3.90. The Balaban J connectivity index is 3.23. The van der Waals surface area contributed by atoms with Gasteiger partial charge < -0.3 is 5.11 Å². The van der Waals surface area contributed by atoms with Crippen molar-refractivity contribution in [3.63, 3.8) is 0 Å². The van der Waals surface area contributed by atoms with Crippen molar-refractivity contribution in [3.8, 4) is 0 Å². The summed E-state index contributed by atoms with van der Waals surface area (Å²) in [5, 5.41) is 8.83. The Labute approximate surface area is 77.5 Å². The molecule has 13 heavy (non-hydrogen) atoms. The summed E-state index contributed by atoms with van der Waals surface area (Å²) in [6, 6.07) is 5.24. The van der Waals surface area contributed by atoms with E-state index in [1.165, 1.54) is 0 Å². The molecule has 0 heterocycles. The van der Waals surface area contributed by atoms with Gasteiger partial charge in [0.05, 0.1) is 5.56 Å². The second-order valence-electron chi connectivity index (χ2n) is 2.78. The summed E-state index contributed by atoms with van der Waals surface area (Å²) >= 11 is 0. The predicted molar refractivity (Wildman–Crippen MR) is 52.9 cm³/mol. The molecule has 1 aromatic carbocycles. The lowest BCUT2D eigenvalue weighted by atomic mass is 10.0. The monoisotopic (exact) mass is 176 g/mol. The fraction of sp³-hybridized carbons (Fsp3) is 0.182. The molecule has 0 aliphatic heterocycles. The molecule has 0 bridgehead atoms. The summed E-state index contributed by atoms with van der Waals surface area (Å²) in [4.78, 5) is 10.8. The van der Waals surface area contributed by atoms with E-state index in [4.69, 9.17) is 5.11 Å². The minimum Gasteiger partial charge on any atom is -0.478 e. The molecule has 0 atom stereocenters. The smallest absolute Gasteiger partial charge is 0.335 e. The Hall–Kier alpha value is -1.57. The van der Waals surface area contributed by atoms with Crippen molar-refractivity contribution in [1.29, 1.82) is 0 Å². The van der Waals surface area contributed by atoms with E-state index in [9.17, 15) is 4.79 Å². The van der Waals surface area contributed by atoms with Gasteiger partial charge in [0.1, 0.15) is 0 Å². The van der Waals surface area contributed by atoms with E-state index in [0.29, 0.717) is 5.56 Å². The average molecular weight is 176 g/mol. The molecule has 0 aliphatic rings. The molecule has 0 saturated carbocycles. The maximum Gasteiger partial charge on any atom is 0.335 e. The summed E-state index contributed by atoms with van der Waals surface area (Å²) in [5.74, 6) is -0.868. The van der Waals surface area contributed by atoms with Crippen LogP contribution in [0.2, 0.25) is 0 Å². The number of carboxylic acid groups (broad SMARTS) is 1. The van der Waals surface area contributed by atoms with E-state index < -0.39 is 5.97 Å². The Kier molecular flexibility index (Phi) is 2.85. The number of hydrogen-bond donors (Lipinski definition) is 1. The largest absolute Gasteiger partial charge is 0.478 e. The second-order valence-corrected chi connectivity index (χ2v) is 2.78. The van der Waals surface area contributed by atoms with E-state index in [-0.39, 0.29) is 0 Å². The predicted octanol–water partition coefficient (Wildman–Crippen LogP) is 2.59. The number of rotatable bonds is 3. The van der Waals surface area contributed by atoms with Crippen LogP contribution in [0.25, 0.3) is 6.08 Å². The van der Waals surface area contributed by atoms with E-state index in [0.717, 1.165) is 17.5 Å². The maximum atomic E-state index is 10.8. The molecule has 1 N–H and O–H groups in total. The van der Waals surface area contributed by atoms with Gasteiger partial charge in [0.25, 0.3) is 0 Å². The molecule has 1 aromatic rings. The van der Waals surface area contributed by atoms with Gasteiger partial charge in [0.15, 0.2) is 0 Å². The number of benzene rings is 1. The lowest BCUT2D eigenvalue weighted by molar-refractivity contribution is 0.0696. The summed E-state index contributed by atoms with van der Waals surface area (Å²) in [6.45, 7) is 5.57. The highest BCUT2D eigenvalue weighted by molar-refractivity contribution is 5.89. The summed E-state index contributed by atoms with van der Waals surface area (Å²) < 4.78 is 0. The zero-order valence-electron chi connectivity index (χ0n) is 7.58. The highest BCUT2D eigenvalue weighted by atomic mass is 16.4. The van der Waals surface area contributed by atoms with Gasteiger partial charge in [-0.05, 0) is 23.6 Å². The summed E-state index contributed by atoms with van der Waals surface area (Å²) in [5.41, 5.74) is 2.19. The third-order valence-corrected chi connectivity index (χ3v) is 1.98. The topological polar surface area (TPSA) is 37.3 Å². The first kappa shape index (κ1) is 9.52. The standard InChI is InChI=1S/C11H12O2/c1-3-8-5-6-10(11(12)13)9(4-2)7-8/h3,5-7H,1,4H2,2H3,(H,12,13). The van der Waals surface area contributed by atoms with Gasteiger partial charge in [-0.25, -0.2) is 4.79 Å². The fourth-order valence-corrected chi connectivity index (χ4v) is 1.24. The number of carboxylic acids is 1. The number of hydrogen-bond acceptors (Lipinski definition) is 1. The van der Waals surface area contributed by atoms with Crippen molar-refractivity contribution in [2.24, 2.45) is 0 Å². The lowest BCUT2D eigenvalue weighted by Crippen LogP contribution is -2.01. The van der Waals surface area contributed by atoms with Crippen LogP contribution in [-0.4, -0.2) is 11.1 Å². The molecule has 0 saturated heterocycles. The number of aromatic carboxylic acids is 1. The van der Waals surface area contributed by atoms with Crippen LogP contribution in [0.3, 0.4) is 0 Å². The van der Waals surface area contributed by atoms with Crippen LogP contribution in [0.4, 0.5) is 0 Å². The van der Waals surface area contributed by atoms with Crippen LogP contribution in [-0.2, 0) is 6.42 Å². The van der Waals surface area contributed by atoms with Crippen molar-refractivity contribution in [3.05, 3.63) is 41.5 Å². The first-order valence-electron chi connectivity index (χ1n) is 4.17. The van der Waals surface area contributed by atoms with E-state index >= 15 is 0 Å². The first-order valence-corrected chi connectivity index (χ1v) is 4.17. The molecule has 0 radical (unpaired) electrons. The molecule has 0 fully saturated rings. The Morgan fingerprint density at radius 2 is 2.31 bits per heavy atom. The molecule has 68 valence electrons.